The quantitative estimate of drug-likeness (QED) is 0.748. The van der Waals surface area contributed by atoms with E-state index in [1.807, 2.05) is 0 Å². The standard InChI is InChI=1S/C13H24N2/c1-2-5-11(6-3-1)14-12-8-10-15-9-4-7-13(12)15/h11-14H,1-10H2. The largest absolute Gasteiger partial charge is 0.310 e. The van der Waals surface area contributed by atoms with Gasteiger partial charge in [0.2, 0.25) is 0 Å². The van der Waals surface area contributed by atoms with Gasteiger partial charge in [-0.25, -0.2) is 0 Å². The molecule has 0 amide bonds. The predicted octanol–water partition coefficient (Wildman–Crippen LogP) is 2.15. The van der Waals surface area contributed by atoms with Crippen molar-refractivity contribution in [1.82, 2.24) is 10.2 Å². The monoisotopic (exact) mass is 208 g/mol. The summed E-state index contributed by atoms with van der Waals surface area (Å²) >= 11 is 0. The van der Waals surface area contributed by atoms with Crippen molar-refractivity contribution in [2.24, 2.45) is 0 Å². The highest BCUT2D eigenvalue weighted by Crippen LogP contribution is 2.29. The molecule has 0 aromatic heterocycles. The summed E-state index contributed by atoms with van der Waals surface area (Å²) in [6.45, 7) is 2.72. The van der Waals surface area contributed by atoms with E-state index in [9.17, 15) is 0 Å². The van der Waals surface area contributed by atoms with Crippen LogP contribution in [0.3, 0.4) is 0 Å². The van der Waals surface area contributed by atoms with Gasteiger partial charge in [0.05, 0.1) is 0 Å². The average molecular weight is 208 g/mol. The molecular formula is C13H24N2. The molecule has 3 rings (SSSR count). The Kier molecular flexibility index (Phi) is 2.98. The zero-order chi connectivity index (χ0) is 10.1. The van der Waals surface area contributed by atoms with Gasteiger partial charge in [0, 0.05) is 24.7 Å². The lowest BCUT2D eigenvalue weighted by Gasteiger charge is -2.29. The molecule has 1 N–H and O–H groups in total. The Hall–Kier alpha value is -0.0800. The molecule has 3 aliphatic rings. The van der Waals surface area contributed by atoms with Gasteiger partial charge in [-0.2, -0.15) is 0 Å². The summed E-state index contributed by atoms with van der Waals surface area (Å²) in [6, 6.07) is 2.58. The van der Waals surface area contributed by atoms with Crippen LogP contribution in [0.1, 0.15) is 51.4 Å². The Morgan fingerprint density at radius 1 is 0.800 bits per heavy atom. The zero-order valence-electron chi connectivity index (χ0n) is 9.75. The van der Waals surface area contributed by atoms with Crippen molar-refractivity contribution < 1.29 is 0 Å². The fourth-order valence-corrected chi connectivity index (χ4v) is 3.85. The average Bonchev–Trinajstić information content (AvgIpc) is 2.85. The maximum atomic E-state index is 3.95. The first-order chi connectivity index (χ1) is 7.43. The van der Waals surface area contributed by atoms with Gasteiger partial charge in [-0.3, -0.25) is 4.90 Å². The molecule has 86 valence electrons. The minimum Gasteiger partial charge on any atom is -0.310 e. The Balaban J connectivity index is 1.54. The van der Waals surface area contributed by atoms with Crippen LogP contribution in [0, 0.1) is 0 Å². The van der Waals surface area contributed by atoms with Crippen molar-refractivity contribution in [2.45, 2.75) is 69.5 Å². The highest BCUT2D eigenvalue weighted by atomic mass is 15.2. The molecule has 2 nitrogen and oxygen atoms in total. The molecule has 0 radical (unpaired) electrons. The first-order valence-electron chi connectivity index (χ1n) is 6.93. The van der Waals surface area contributed by atoms with Crippen molar-refractivity contribution in [3.8, 4) is 0 Å². The van der Waals surface area contributed by atoms with E-state index < -0.39 is 0 Å². The highest BCUT2D eigenvalue weighted by Gasteiger charge is 2.37. The molecule has 2 heteroatoms. The van der Waals surface area contributed by atoms with Crippen LogP contribution in [-0.2, 0) is 0 Å². The van der Waals surface area contributed by atoms with Crippen molar-refractivity contribution in [3.63, 3.8) is 0 Å². The van der Waals surface area contributed by atoms with Crippen LogP contribution in [0.4, 0.5) is 0 Å². The molecule has 2 aliphatic heterocycles. The van der Waals surface area contributed by atoms with E-state index in [-0.39, 0.29) is 0 Å². The Morgan fingerprint density at radius 2 is 1.67 bits per heavy atom. The minimum absolute atomic E-state index is 0.829. The Morgan fingerprint density at radius 3 is 2.53 bits per heavy atom. The van der Waals surface area contributed by atoms with Gasteiger partial charge in [-0.05, 0) is 38.6 Å². The summed E-state index contributed by atoms with van der Waals surface area (Å²) < 4.78 is 0. The highest BCUT2D eigenvalue weighted by molar-refractivity contribution is 4.96. The lowest BCUT2D eigenvalue weighted by Crippen LogP contribution is -2.45. The first-order valence-corrected chi connectivity index (χ1v) is 6.93. The summed E-state index contributed by atoms with van der Waals surface area (Å²) in [5, 5.41) is 3.95. The summed E-state index contributed by atoms with van der Waals surface area (Å²) in [7, 11) is 0. The lowest BCUT2D eigenvalue weighted by molar-refractivity contribution is 0.270. The van der Waals surface area contributed by atoms with Crippen LogP contribution in [0.25, 0.3) is 0 Å². The number of nitrogens with one attached hydrogen (secondary N) is 1. The van der Waals surface area contributed by atoms with Gasteiger partial charge in [0.15, 0.2) is 0 Å². The Labute approximate surface area is 93.4 Å². The number of rotatable bonds is 2. The molecule has 0 aromatic carbocycles. The maximum Gasteiger partial charge on any atom is 0.0250 e. The van der Waals surface area contributed by atoms with E-state index in [0.717, 1.165) is 18.1 Å². The number of fused-ring (bicyclic) bond motifs is 1. The molecule has 2 heterocycles. The SMILES string of the molecule is C1CCC(NC2CCN3CCCC23)CC1. The smallest absolute Gasteiger partial charge is 0.0250 e. The summed E-state index contributed by atoms with van der Waals surface area (Å²) in [5.41, 5.74) is 0. The third-order valence-electron chi connectivity index (χ3n) is 4.66. The predicted molar refractivity (Wildman–Crippen MR) is 63.0 cm³/mol. The van der Waals surface area contributed by atoms with Crippen LogP contribution in [0.5, 0.6) is 0 Å². The summed E-state index contributed by atoms with van der Waals surface area (Å²) in [5.74, 6) is 0. The third-order valence-corrected chi connectivity index (χ3v) is 4.66. The maximum absolute atomic E-state index is 3.95. The molecule has 0 aromatic rings. The van der Waals surface area contributed by atoms with Crippen LogP contribution >= 0.6 is 0 Å². The molecule has 0 bridgehead atoms. The normalized spacial score (nSPS) is 38.4. The third kappa shape index (κ3) is 2.07. The molecule has 2 atom stereocenters. The van der Waals surface area contributed by atoms with Crippen molar-refractivity contribution in [1.29, 1.82) is 0 Å². The fourth-order valence-electron chi connectivity index (χ4n) is 3.85. The second-order valence-corrected chi connectivity index (χ2v) is 5.64. The van der Waals surface area contributed by atoms with E-state index in [1.165, 1.54) is 64.5 Å². The first kappa shape index (κ1) is 10.1. The molecule has 0 spiro atoms. The number of nitrogens with zero attached hydrogens (tertiary/aromatic N) is 1. The fraction of sp³-hybridized carbons (Fsp3) is 1.00. The van der Waals surface area contributed by atoms with Gasteiger partial charge in [0.1, 0.15) is 0 Å². The van der Waals surface area contributed by atoms with E-state index in [1.54, 1.807) is 0 Å². The molecule has 2 saturated heterocycles. The number of hydrogen-bond donors (Lipinski definition) is 1. The van der Waals surface area contributed by atoms with Crippen molar-refractivity contribution in [2.75, 3.05) is 13.1 Å². The molecule has 1 aliphatic carbocycles. The Bertz CT molecular complexity index is 211. The van der Waals surface area contributed by atoms with Gasteiger partial charge >= 0.3 is 0 Å². The molecule has 1 saturated carbocycles. The van der Waals surface area contributed by atoms with Crippen LogP contribution in [0.2, 0.25) is 0 Å². The van der Waals surface area contributed by atoms with E-state index in [0.29, 0.717) is 0 Å². The summed E-state index contributed by atoms with van der Waals surface area (Å²) in [4.78, 5) is 2.71. The van der Waals surface area contributed by atoms with Gasteiger partial charge in [-0.1, -0.05) is 19.3 Å². The summed E-state index contributed by atoms with van der Waals surface area (Å²) in [6.07, 6.45) is 11.5. The van der Waals surface area contributed by atoms with Crippen LogP contribution in [-0.4, -0.2) is 36.1 Å². The van der Waals surface area contributed by atoms with Crippen molar-refractivity contribution in [3.05, 3.63) is 0 Å². The molecule has 15 heavy (non-hydrogen) atoms. The van der Waals surface area contributed by atoms with E-state index in [2.05, 4.69) is 10.2 Å². The second kappa shape index (κ2) is 4.42. The van der Waals surface area contributed by atoms with Gasteiger partial charge < -0.3 is 5.32 Å². The van der Waals surface area contributed by atoms with E-state index >= 15 is 0 Å². The molecule has 2 unspecified atom stereocenters. The van der Waals surface area contributed by atoms with E-state index in [4.69, 9.17) is 0 Å². The topological polar surface area (TPSA) is 15.3 Å². The second-order valence-electron chi connectivity index (χ2n) is 5.64. The van der Waals surface area contributed by atoms with Crippen molar-refractivity contribution >= 4 is 0 Å². The minimum atomic E-state index is 0.829. The number of hydrogen-bond acceptors (Lipinski definition) is 2. The lowest BCUT2D eigenvalue weighted by atomic mass is 9.94. The van der Waals surface area contributed by atoms with Crippen LogP contribution in [0.15, 0.2) is 0 Å². The van der Waals surface area contributed by atoms with Crippen LogP contribution < -0.4 is 5.32 Å². The molecular weight excluding hydrogens is 184 g/mol. The molecule has 3 fully saturated rings. The van der Waals surface area contributed by atoms with Gasteiger partial charge in [-0.15, -0.1) is 0 Å². The van der Waals surface area contributed by atoms with Gasteiger partial charge in [0.25, 0.3) is 0 Å². The zero-order valence-corrected chi connectivity index (χ0v) is 9.75.